The van der Waals surface area contributed by atoms with Gasteiger partial charge in [-0.2, -0.15) is 5.26 Å². The van der Waals surface area contributed by atoms with Gasteiger partial charge in [0.15, 0.2) is 11.6 Å². The van der Waals surface area contributed by atoms with Crippen molar-refractivity contribution in [2.24, 2.45) is 5.41 Å². The third-order valence-electron chi connectivity index (χ3n) is 2.52. The Morgan fingerprint density at radius 2 is 2.22 bits per heavy atom. The number of nitrogens with zero attached hydrogens (tertiary/aromatic N) is 1. The standard InChI is InChI=1S/C13H15FN2O2/c1-13(2,8-15)12(17)16-7-9-4-5-11(18-3)10(14)6-9/h4-6H,7H2,1-3H3,(H,16,17). The van der Waals surface area contributed by atoms with Crippen molar-refractivity contribution in [2.75, 3.05) is 7.11 Å². The summed E-state index contributed by atoms with van der Waals surface area (Å²) in [5, 5.41) is 11.4. The second-order valence-electron chi connectivity index (χ2n) is 4.39. The number of nitrogens with one attached hydrogen (secondary N) is 1. The zero-order valence-electron chi connectivity index (χ0n) is 10.6. The van der Waals surface area contributed by atoms with Crippen LogP contribution in [0, 0.1) is 22.6 Å². The minimum atomic E-state index is -1.09. The molecule has 96 valence electrons. The van der Waals surface area contributed by atoms with Crippen LogP contribution in [0.3, 0.4) is 0 Å². The van der Waals surface area contributed by atoms with Crippen molar-refractivity contribution < 1.29 is 13.9 Å². The van der Waals surface area contributed by atoms with E-state index in [4.69, 9.17) is 10.00 Å². The lowest BCUT2D eigenvalue weighted by molar-refractivity contribution is -0.126. The van der Waals surface area contributed by atoms with Crippen LogP contribution in [0.4, 0.5) is 4.39 Å². The number of amides is 1. The summed E-state index contributed by atoms with van der Waals surface area (Å²) in [6.07, 6.45) is 0. The normalized spacial score (nSPS) is 10.6. The molecule has 0 heterocycles. The molecule has 0 aliphatic heterocycles. The highest BCUT2D eigenvalue weighted by Gasteiger charge is 2.26. The fourth-order valence-corrected chi connectivity index (χ4v) is 1.27. The second kappa shape index (κ2) is 5.50. The molecule has 0 unspecified atom stereocenters. The molecule has 5 heteroatoms. The number of benzene rings is 1. The average Bonchev–Trinajstić information content (AvgIpc) is 2.36. The monoisotopic (exact) mass is 250 g/mol. The van der Waals surface area contributed by atoms with E-state index in [9.17, 15) is 9.18 Å². The van der Waals surface area contributed by atoms with Crippen molar-refractivity contribution >= 4 is 5.91 Å². The molecule has 0 saturated heterocycles. The third-order valence-corrected chi connectivity index (χ3v) is 2.52. The second-order valence-corrected chi connectivity index (χ2v) is 4.39. The van der Waals surface area contributed by atoms with Gasteiger partial charge in [0.25, 0.3) is 0 Å². The summed E-state index contributed by atoms with van der Waals surface area (Å²) in [5.74, 6) is -0.715. The summed E-state index contributed by atoms with van der Waals surface area (Å²) in [4.78, 5) is 11.6. The van der Waals surface area contributed by atoms with Gasteiger partial charge >= 0.3 is 0 Å². The molecule has 0 fully saturated rings. The van der Waals surface area contributed by atoms with Gasteiger partial charge in [-0.25, -0.2) is 4.39 Å². The third kappa shape index (κ3) is 3.20. The SMILES string of the molecule is COc1ccc(CNC(=O)C(C)(C)C#N)cc1F. The number of carbonyl (C=O) groups is 1. The average molecular weight is 250 g/mol. The zero-order valence-corrected chi connectivity index (χ0v) is 10.6. The van der Waals surface area contributed by atoms with E-state index in [1.54, 1.807) is 6.07 Å². The molecule has 0 atom stereocenters. The predicted molar refractivity (Wildman–Crippen MR) is 64.2 cm³/mol. The Balaban J connectivity index is 2.68. The number of halogens is 1. The fraction of sp³-hybridized carbons (Fsp3) is 0.385. The molecule has 0 aromatic heterocycles. The van der Waals surface area contributed by atoms with Crippen molar-refractivity contribution in [1.82, 2.24) is 5.32 Å². The van der Waals surface area contributed by atoms with Crippen molar-refractivity contribution in [3.8, 4) is 11.8 Å². The molecule has 1 N–H and O–H groups in total. The minimum absolute atomic E-state index is 0.155. The molecule has 1 aromatic carbocycles. The first-order chi connectivity index (χ1) is 8.40. The molecule has 0 radical (unpaired) electrons. The van der Waals surface area contributed by atoms with Gasteiger partial charge in [-0.3, -0.25) is 4.79 Å². The van der Waals surface area contributed by atoms with E-state index in [0.29, 0.717) is 5.56 Å². The van der Waals surface area contributed by atoms with Gasteiger partial charge in [0.2, 0.25) is 5.91 Å². The van der Waals surface area contributed by atoms with Gasteiger partial charge in [0.05, 0.1) is 13.2 Å². The first-order valence-corrected chi connectivity index (χ1v) is 5.42. The molecule has 4 nitrogen and oxygen atoms in total. The Morgan fingerprint density at radius 3 is 2.72 bits per heavy atom. The van der Waals surface area contributed by atoms with Crippen molar-refractivity contribution in [1.29, 1.82) is 5.26 Å². The van der Waals surface area contributed by atoms with Crippen LogP contribution in [0.1, 0.15) is 19.4 Å². The van der Waals surface area contributed by atoms with Crippen LogP contribution in [-0.4, -0.2) is 13.0 Å². The molecule has 18 heavy (non-hydrogen) atoms. The number of ether oxygens (including phenoxy) is 1. The molecule has 0 aliphatic rings. The Morgan fingerprint density at radius 1 is 1.56 bits per heavy atom. The summed E-state index contributed by atoms with van der Waals surface area (Å²) in [7, 11) is 1.38. The Kier molecular flexibility index (Phi) is 4.27. The number of carbonyl (C=O) groups excluding carboxylic acids is 1. The van der Waals surface area contributed by atoms with Crippen molar-refractivity contribution in [3.05, 3.63) is 29.6 Å². The first kappa shape index (κ1) is 14.0. The lowest BCUT2D eigenvalue weighted by Crippen LogP contribution is -2.35. The van der Waals surface area contributed by atoms with Gasteiger partial charge in [-0.05, 0) is 31.5 Å². The fourth-order valence-electron chi connectivity index (χ4n) is 1.27. The van der Waals surface area contributed by atoms with Gasteiger partial charge < -0.3 is 10.1 Å². The van der Waals surface area contributed by atoms with Crippen molar-refractivity contribution in [2.45, 2.75) is 20.4 Å². The van der Waals surface area contributed by atoms with E-state index in [0.717, 1.165) is 0 Å². The van der Waals surface area contributed by atoms with Gasteiger partial charge in [0, 0.05) is 6.54 Å². The van der Waals surface area contributed by atoms with E-state index in [1.165, 1.54) is 33.1 Å². The molecule has 1 aromatic rings. The smallest absolute Gasteiger partial charge is 0.240 e. The zero-order chi connectivity index (χ0) is 13.8. The molecule has 0 aliphatic carbocycles. The Bertz CT molecular complexity index is 492. The van der Waals surface area contributed by atoms with Gasteiger partial charge in [0.1, 0.15) is 5.41 Å². The van der Waals surface area contributed by atoms with Crippen LogP contribution in [-0.2, 0) is 11.3 Å². The molecular weight excluding hydrogens is 235 g/mol. The molecule has 0 spiro atoms. The number of nitriles is 1. The van der Waals surface area contributed by atoms with Crippen LogP contribution < -0.4 is 10.1 Å². The van der Waals surface area contributed by atoms with E-state index in [1.807, 2.05) is 6.07 Å². The number of rotatable bonds is 4. The van der Waals surface area contributed by atoms with Crippen molar-refractivity contribution in [3.63, 3.8) is 0 Å². The molecular formula is C13H15FN2O2. The summed E-state index contributed by atoms with van der Waals surface area (Å²) in [5.41, 5.74) is -0.485. The quantitative estimate of drug-likeness (QED) is 0.889. The van der Waals surface area contributed by atoms with E-state index >= 15 is 0 Å². The highest BCUT2D eigenvalue weighted by molar-refractivity contribution is 5.84. The maximum atomic E-state index is 13.4. The van der Waals surface area contributed by atoms with E-state index in [2.05, 4.69) is 5.32 Å². The van der Waals surface area contributed by atoms with Crippen LogP contribution in [0.25, 0.3) is 0 Å². The minimum Gasteiger partial charge on any atom is -0.494 e. The first-order valence-electron chi connectivity index (χ1n) is 5.42. The van der Waals surface area contributed by atoms with E-state index in [-0.39, 0.29) is 18.2 Å². The lowest BCUT2D eigenvalue weighted by Gasteiger charge is -2.15. The number of methoxy groups -OCH3 is 1. The maximum Gasteiger partial charge on any atom is 0.240 e. The summed E-state index contributed by atoms with van der Waals surface area (Å²) >= 11 is 0. The Hall–Kier alpha value is -2.09. The van der Waals surface area contributed by atoms with E-state index < -0.39 is 11.2 Å². The lowest BCUT2D eigenvalue weighted by atomic mass is 9.95. The maximum absolute atomic E-state index is 13.4. The molecule has 0 saturated carbocycles. The Labute approximate surface area is 105 Å². The number of hydrogen-bond donors (Lipinski definition) is 1. The summed E-state index contributed by atoms with van der Waals surface area (Å²) in [6, 6.07) is 6.34. The van der Waals surface area contributed by atoms with Crippen LogP contribution in [0.2, 0.25) is 0 Å². The highest BCUT2D eigenvalue weighted by atomic mass is 19.1. The molecule has 1 amide bonds. The van der Waals surface area contributed by atoms with Crippen LogP contribution >= 0.6 is 0 Å². The van der Waals surface area contributed by atoms with Gasteiger partial charge in [-0.1, -0.05) is 6.07 Å². The highest BCUT2D eigenvalue weighted by Crippen LogP contribution is 2.18. The largest absolute Gasteiger partial charge is 0.494 e. The number of hydrogen-bond acceptors (Lipinski definition) is 3. The van der Waals surface area contributed by atoms with Crippen LogP contribution in [0.15, 0.2) is 18.2 Å². The summed E-state index contributed by atoms with van der Waals surface area (Å²) in [6.45, 7) is 3.22. The molecule has 1 rings (SSSR count). The van der Waals surface area contributed by atoms with Crippen LogP contribution in [0.5, 0.6) is 5.75 Å². The topological polar surface area (TPSA) is 62.1 Å². The van der Waals surface area contributed by atoms with Gasteiger partial charge in [-0.15, -0.1) is 0 Å². The predicted octanol–water partition coefficient (Wildman–Crippen LogP) is 2.00. The summed E-state index contributed by atoms with van der Waals surface area (Å²) < 4.78 is 18.2. The molecule has 0 bridgehead atoms.